The van der Waals surface area contributed by atoms with E-state index in [4.69, 9.17) is 0 Å². The molecule has 0 amide bonds. The quantitative estimate of drug-likeness (QED) is 0.550. The van der Waals surface area contributed by atoms with Gasteiger partial charge in [0.25, 0.3) is 0 Å². The van der Waals surface area contributed by atoms with E-state index in [1.165, 1.54) is 0 Å². The van der Waals surface area contributed by atoms with E-state index in [9.17, 15) is 4.21 Å². The highest BCUT2D eigenvalue weighted by Crippen LogP contribution is 2.16. The van der Waals surface area contributed by atoms with E-state index in [1.807, 2.05) is 0 Å². The fourth-order valence-corrected chi connectivity index (χ4v) is 1.36. The van der Waals surface area contributed by atoms with Crippen molar-refractivity contribution in [3.63, 3.8) is 0 Å². The lowest BCUT2D eigenvalue weighted by Crippen LogP contribution is -1.72. The van der Waals surface area contributed by atoms with E-state index in [1.54, 1.807) is 17.6 Å². The molecule has 0 aliphatic carbocycles. The summed E-state index contributed by atoms with van der Waals surface area (Å²) >= 11 is 3.10. The molecule has 0 radical (unpaired) electrons. The fourth-order valence-electron chi connectivity index (χ4n) is 0.318. The van der Waals surface area contributed by atoms with Crippen LogP contribution < -0.4 is 0 Å². The lowest BCUT2D eigenvalue weighted by molar-refractivity contribution is 0.693. The summed E-state index contributed by atoms with van der Waals surface area (Å²) in [5.41, 5.74) is 0. The number of hydrogen-bond acceptors (Lipinski definition) is 1. The molecule has 38 valence electrons. The van der Waals surface area contributed by atoms with Crippen LogP contribution in [0.3, 0.4) is 0 Å². The van der Waals surface area contributed by atoms with Crippen molar-refractivity contribution in [1.82, 2.24) is 0 Å². The van der Waals surface area contributed by atoms with Crippen molar-refractivity contribution in [3.05, 3.63) is 21.4 Å². The van der Waals surface area contributed by atoms with Crippen LogP contribution in [0.1, 0.15) is 0 Å². The smallest absolute Gasteiger partial charge is 0.0859 e. The molecule has 1 aliphatic rings. The van der Waals surface area contributed by atoms with Gasteiger partial charge in [0.2, 0.25) is 0 Å². The lowest BCUT2D eigenvalue weighted by Gasteiger charge is -1.78. The Bertz CT molecular complexity index is 159. The zero-order valence-corrected chi connectivity index (χ0v) is 5.83. The van der Waals surface area contributed by atoms with Crippen LogP contribution in [0.5, 0.6) is 0 Å². The monoisotopic (exact) mass is 178 g/mol. The van der Waals surface area contributed by atoms with Gasteiger partial charge in [-0.05, 0) is 22.0 Å². The van der Waals surface area contributed by atoms with Gasteiger partial charge in [0.15, 0.2) is 0 Å². The number of rotatable bonds is 0. The second kappa shape index (κ2) is 1.92. The molecule has 0 aromatic heterocycles. The van der Waals surface area contributed by atoms with Gasteiger partial charge in [-0.3, -0.25) is 0 Å². The number of hydrogen-bond donors (Lipinski definition) is 0. The molecule has 1 nitrogen and oxygen atoms in total. The van der Waals surface area contributed by atoms with E-state index in [-0.39, 0.29) is 0 Å². The van der Waals surface area contributed by atoms with E-state index in [2.05, 4.69) is 15.9 Å². The normalized spacial score (nSPS) is 28.1. The molecular weight excluding hydrogens is 176 g/mol. The maximum atomic E-state index is 10.5. The molecule has 1 rings (SSSR count). The van der Waals surface area contributed by atoms with E-state index >= 15 is 0 Å². The molecule has 0 saturated carbocycles. The van der Waals surface area contributed by atoms with Crippen molar-refractivity contribution in [2.45, 2.75) is 0 Å². The van der Waals surface area contributed by atoms with Crippen LogP contribution in [-0.2, 0) is 10.8 Å². The highest BCUT2D eigenvalue weighted by Gasteiger charge is 2.00. The highest BCUT2D eigenvalue weighted by atomic mass is 79.9. The predicted octanol–water partition coefficient (Wildman–Crippen LogP) is 1.50. The van der Waals surface area contributed by atoms with Crippen LogP contribution in [0.25, 0.3) is 0 Å². The first-order valence-electron chi connectivity index (χ1n) is 1.75. The van der Waals surface area contributed by atoms with E-state index in [0.717, 1.165) is 3.81 Å². The number of halogens is 1. The van der Waals surface area contributed by atoms with Crippen LogP contribution in [0, 0.1) is 0 Å². The summed E-state index contributed by atoms with van der Waals surface area (Å²) in [7, 11) is -0.870. The Morgan fingerprint density at radius 3 is 2.57 bits per heavy atom. The maximum absolute atomic E-state index is 10.5. The molecule has 0 spiro atoms. The van der Waals surface area contributed by atoms with Gasteiger partial charge in [0.1, 0.15) is 0 Å². The van der Waals surface area contributed by atoms with E-state index in [0.29, 0.717) is 0 Å². The molecule has 0 bridgehead atoms. The zero-order chi connectivity index (χ0) is 5.28. The Hall–Kier alpha value is 0.110. The lowest BCUT2D eigenvalue weighted by atomic mass is 10.6. The minimum atomic E-state index is -0.870. The molecule has 1 atom stereocenters. The second-order valence-corrected chi connectivity index (χ2v) is 3.78. The molecule has 1 heterocycles. The van der Waals surface area contributed by atoms with Crippen LogP contribution in [0.4, 0.5) is 0 Å². The molecule has 3 heteroatoms. The maximum Gasteiger partial charge on any atom is 0.0859 e. The average Bonchev–Trinajstić information content (AvgIpc) is 1.91. The fraction of sp³-hybridized carbons (Fsp3) is 0. The number of allylic oxidation sites excluding steroid dienone is 2. The Morgan fingerprint density at radius 2 is 2.43 bits per heavy atom. The third-order valence-electron chi connectivity index (χ3n) is 0.622. The second-order valence-electron chi connectivity index (χ2n) is 1.10. The van der Waals surface area contributed by atoms with E-state index < -0.39 is 10.8 Å². The predicted molar refractivity (Wildman–Crippen MR) is 34.3 cm³/mol. The van der Waals surface area contributed by atoms with Gasteiger partial charge in [-0.1, -0.05) is 6.08 Å². The molecule has 7 heavy (non-hydrogen) atoms. The third kappa shape index (κ3) is 1.01. The Morgan fingerprint density at radius 1 is 1.71 bits per heavy atom. The van der Waals surface area contributed by atoms with Crippen molar-refractivity contribution in [3.8, 4) is 0 Å². The molecule has 0 aromatic carbocycles. The van der Waals surface area contributed by atoms with Crippen molar-refractivity contribution in [2.24, 2.45) is 0 Å². The van der Waals surface area contributed by atoms with Gasteiger partial charge >= 0.3 is 0 Å². The molecule has 0 saturated heterocycles. The first-order chi connectivity index (χ1) is 3.30. The molecular formula is C4H3BrOS. The summed E-state index contributed by atoms with van der Waals surface area (Å²) < 4.78 is 11.2. The van der Waals surface area contributed by atoms with Gasteiger partial charge in [0, 0.05) is 5.41 Å². The largest absolute Gasteiger partial charge is 0.249 e. The van der Waals surface area contributed by atoms with Crippen molar-refractivity contribution >= 4 is 26.7 Å². The Labute approximate surface area is 52.7 Å². The third-order valence-corrected chi connectivity index (χ3v) is 2.77. The highest BCUT2D eigenvalue weighted by molar-refractivity contribution is 9.13. The summed E-state index contributed by atoms with van der Waals surface area (Å²) in [6.45, 7) is 0. The van der Waals surface area contributed by atoms with Crippen molar-refractivity contribution < 1.29 is 4.21 Å². The van der Waals surface area contributed by atoms with Crippen LogP contribution >= 0.6 is 15.9 Å². The summed E-state index contributed by atoms with van der Waals surface area (Å²) in [6.07, 6.45) is 3.54. The molecule has 0 fully saturated rings. The van der Waals surface area contributed by atoms with Gasteiger partial charge in [0.05, 0.1) is 14.6 Å². The standard InChI is InChI=1S/C4H3BrOS/c5-4-2-1-3-7(4)6/h1-3H. The van der Waals surface area contributed by atoms with Crippen LogP contribution in [0.15, 0.2) is 21.4 Å². The van der Waals surface area contributed by atoms with Crippen molar-refractivity contribution in [1.29, 1.82) is 0 Å². The molecule has 0 aromatic rings. The van der Waals surface area contributed by atoms with Gasteiger partial charge in [-0.25, -0.2) is 4.21 Å². The average molecular weight is 179 g/mol. The van der Waals surface area contributed by atoms with Crippen molar-refractivity contribution in [2.75, 3.05) is 0 Å². The van der Waals surface area contributed by atoms with Gasteiger partial charge in [-0.2, -0.15) is 0 Å². The van der Waals surface area contributed by atoms with Gasteiger partial charge in [-0.15, -0.1) is 0 Å². The minimum Gasteiger partial charge on any atom is -0.249 e. The SMILES string of the molecule is O=S1C=CC=C1Br. The molecule has 1 aliphatic heterocycles. The zero-order valence-electron chi connectivity index (χ0n) is 3.43. The van der Waals surface area contributed by atoms with Gasteiger partial charge < -0.3 is 0 Å². The summed E-state index contributed by atoms with van der Waals surface area (Å²) in [5.74, 6) is 0. The molecule has 0 N–H and O–H groups in total. The first-order valence-corrected chi connectivity index (χ1v) is 3.76. The summed E-state index contributed by atoms with van der Waals surface area (Å²) in [4.78, 5) is 0. The minimum absolute atomic E-state index is 0.757. The topological polar surface area (TPSA) is 17.1 Å². The Kier molecular flexibility index (Phi) is 1.44. The first kappa shape index (κ1) is 5.25. The Balaban J connectivity index is 2.89. The van der Waals surface area contributed by atoms with Crippen LogP contribution in [-0.4, -0.2) is 4.21 Å². The summed E-state index contributed by atoms with van der Waals surface area (Å²) in [5, 5.41) is 1.63. The van der Waals surface area contributed by atoms with Crippen LogP contribution in [0.2, 0.25) is 0 Å². The molecule has 1 unspecified atom stereocenters. The summed E-state index contributed by atoms with van der Waals surface area (Å²) in [6, 6.07) is 0.